The summed E-state index contributed by atoms with van der Waals surface area (Å²) < 4.78 is 25.9. The number of hydrogen-bond acceptors (Lipinski definition) is 3. The van der Waals surface area contributed by atoms with Crippen LogP contribution in [0.3, 0.4) is 0 Å². The Labute approximate surface area is 105 Å². The molecule has 0 amide bonds. The molecule has 0 aliphatic rings. The first-order valence-electron chi connectivity index (χ1n) is 5.33. The van der Waals surface area contributed by atoms with Crippen LogP contribution in [-0.4, -0.2) is 29.8 Å². The van der Waals surface area contributed by atoms with Gasteiger partial charge < -0.3 is 9.67 Å². The molecule has 18 heavy (non-hydrogen) atoms. The van der Waals surface area contributed by atoms with Crippen LogP contribution >= 0.6 is 0 Å². The second-order valence-corrected chi connectivity index (χ2v) is 6.07. The van der Waals surface area contributed by atoms with Crippen molar-refractivity contribution in [2.24, 2.45) is 7.05 Å². The Balaban J connectivity index is 2.80. The standard InChI is InChI=1S/C12H13NO4S/c1-8-12(18(16,17)7-11(14)15)9-5-3-4-6-10(9)13(8)2/h3-6H,7H2,1-2H3,(H,14,15). The summed E-state index contributed by atoms with van der Waals surface area (Å²) in [5.41, 5.74) is 1.33. The maximum absolute atomic E-state index is 12.1. The van der Waals surface area contributed by atoms with E-state index in [1.54, 1.807) is 30.7 Å². The molecule has 2 aromatic rings. The minimum absolute atomic E-state index is 0.114. The molecular formula is C12H13NO4S. The van der Waals surface area contributed by atoms with E-state index in [4.69, 9.17) is 5.11 Å². The van der Waals surface area contributed by atoms with Gasteiger partial charge in [0, 0.05) is 23.6 Å². The van der Waals surface area contributed by atoms with Crippen molar-refractivity contribution in [2.45, 2.75) is 11.8 Å². The van der Waals surface area contributed by atoms with Crippen LogP contribution in [0.5, 0.6) is 0 Å². The molecule has 0 saturated carbocycles. The zero-order valence-electron chi connectivity index (χ0n) is 10.0. The highest BCUT2D eigenvalue weighted by atomic mass is 32.2. The predicted octanol–water partition coefficient (Wildman–Crippen LogP) is 1.35. The van der Waals surface area contributed by atoms with Gasteiger partial charge in [-0.2, -0.15) is 0 Å². The van der Waals surface area contributed by atoms with E-state index in [2.05, 4.69) is 0 Å². The normalized spacial score (nSPS) is 11.9. The minimum atomic E-state index is -3.82. The van der Waals surface area contributed by atoms with Crippen LogP contribution in [0.2, 0.25) is 0 Å². The fourth-order valence-electron chi connectivity index (χ4n) is 2.11. The van der Waals surface area contributed by atoms with E-state index in [9.17, 15) is 13.2 Å². The Bertz CT molecular complexity index is 728. The summed E-state index contributed by atoms with van der Waals surface area (Å²) in [5.74, 6) is -2.23. The van der Waals surface area contributed by atoms with Crippen LogP contribution in [0.1, 0.15) is 5.69 Å². The van der Waals surface area contributed by atoms with Crippen molar-refractivity contribution in [3.63, 3.8) is 0 Å². The number of aliphatic carboxylic acids is 1. The first-order chi connectivity index (χ1) is 8.34. The van der Waals surface area contributed by atoms with E-state index in [0.29, 0.717) is 11.1 Å². The largest absolute Gasteiger partial charge is 0.480 e. The van der Waals surface area contributed by atoms with Crippen LogP contribution in [0.15, 0.2) is 29.2 Å². The number of carbonyl (C=O) groups is 1. The highest BCUT2D eigenvalue weighted by molar-refractivity contribution is 7.92. The number of nitrogens with zero attached hydrogens (tertiary/aromatic N) is 1. The Morgan fingerprint density at radius 1 is 1.33 bits per heavy atom. The molecule has 6 heteroatoms. The van der Waals surface area contributed by atoms with Crippen LogP contribution < -0.4 is 0 Å². The lowest BCUT2D eigenvalue weighted by atomic mass is 10.2. The Morgan fingerprint density at radius 3 is 2.56 bits per heavy atom. The maximum atomic E-state index is 12.1. The number of carboxylic acids is 1. The molecular weight excluding hydrogens is 254 g/mol. The van der Waals surface area contributed by atoms with Crippen LogP contribution in [0.4, 0.5) is 0 Å². The van der Waals surface area contributed by atoms with E-state index in [1.807, 2.05) is 12.1 Å². The molecule has 96 valence electrons. The van der Waals surface area contributed by atoms with Crippen LogP contribution in [0.25, 0.3) is 10.9 Å². The van der Waals surface area contributed by atoms with E-state index in [0.717, 1.165) is 5.52 Å². The fourth-order valence-corrected chi connectivity index (χ4v) is 3.68. The van der Waals surface area contributed by atoms with Gasteiger partial charge in [0.1, 0.15) is 0 Å². The molecule has 0 aliphatic carbocycles. The number of rotatable bonds is 3. The van der Waals surface area contributed by atoms with Crippen LogP contribution in [0, 0.1) is 6.92 Å². The molecule has 0 fully saturated rings. The smallest absolute Gasteiger partial charge is 0.319 e. The van der Waals surface area contributed by atoms with Crippen molar-refractivity contribution in [1.82, 2.24) is 4.57 Å². The van der Waals surface area contributed by atoms with Gasteiger partial charge in [0.15, 0.2) is 15.6 Å². The number of hydrogen-bond donors (Lipinski definition) is 1. The molecule has 0 spiro atoms. The first-order valence-corrected chi connectivity index (χ1v) is 6.98. The lowest BCUT2D eigenvalue weighted by Crippen LogP contribution is -2.16. The van der Waals surface area contributed by atoms with Gasteiger partial charge in [0.05, 0.1) is 4.90 Å². The Kier molecular flexibility index (Phi) is 2.90. The van der Waals surface area contributed by atoms with Gasteiger partial charge in [-0.05, 0) is 13.0 Å². The average Bonchev–Trinajstić information content (AvgIpc) is 2.51. The highest BCUT2D eigenvalue weighted by Crippen LogP contribution is 2.29. The van der Waals surface area contributed by atoms with Crippen molar-refractivity contribution < 1.29 is 18.3 Å². The monoisotopic (exact) mass is 267 g/mol. The van der Waals surface area contributed by atoms with E-state index in [1.165, 1.54) is 0 Å². The molecule has 0 aliphatic heterocycles. The zero-order chi connectivity index (χ0) is 13.5. The molecule has 1 aromatic heterocycles. The van der Waals surface area contributed by atoms with Gasteiger partial charge >= 0.3 is 5.97 Å². The second-order valence-electron chi connectivity index (χ2n) is 4.14. The topological polar surface area (TPSA) is 76.4 Å². The number of sulfone groups is 1. The molecule has 0 bridgehead atoms. The van der Waals surface area contributed by atoms with Crippen molar-refractivity contribution in [1.29, 1.82) is 0 Å². The Morgan fingerprint density at radius 2 is 1.94 bits per heavy atom. The molecule has 1 aromatic carbocycles. The summed E-state index contributed by atoms with van der Waals surface area (Å²) in [4.78, 5) is 10.8. The number of fused-ring (bicyclic) bond motifs is 1. The summed E-state index contributed by atoms with van der Waals surface area (Å²) >= 11 is 0. The first kappa shape index (κ1) is 12.6. The summed E-state index contributed by atoms with van der Waals surface area (Å²) in [6, 6.07) is 7.05. The summed E-state index contributed by atoms with van der Waals surface area (Å²) in [7, 11) is -2.05. The third-order valence-corrected chi connectivity index (χ3v) is 4.73. The SMILES string of the molecule is Cc1c(S(=O)(=O)CC(=O)O)c2ccccc2n1C. The van der Waals surface area contributed by atoms with Gasteiger partial charge in [-0.3, -0.25) is 4.79 Å². The molecule has 0 unspecified atom stereocenters. The third kappa shape index (κ3) is 1.88. The fraction of sp³-hybridized carbons (Fsp3) is 0.250. The van der Waals surface area contributed by atoms with Gasteiger partial charge in [-0.25, -0.2) is 8.42 Å². The number of aromatic nitrogens is 1. The molecule has 0 saturated heterocycles. The zero-order valence-corrected chi connectivity index (χ0v) is 10.9. The van der Waals surface area contributed by atoms with Gasteiger partial charge in [0.25, 0.3) is 0 Å². The lowest BCUT2D eigenvalue weighted by molar-refractivity contribution is -0.134. The van der Waals surface area contributed by atoms with Gasteiger partial charge in [0.2, 0.25) is 0 Å². The van der Waals surface area contributed by atoms with E-state index < -0.39 is 21.6 Å². The summed E-state index contributed by atoms with van der Waals surface area (Å²) in [6.45, 7) is 1.68. The summed E-state index contributed by atoms with van der Waals surface area (Å²) in [5, 5.41) is 9.26. The van der Waals surface area contributed by atoms with Crippen LogP contribution in [-0.2, 0) is 21.7 Å². The van der Waals surface area contributed by atoms with Crippen molar-refractivity contribution in [2.75, 3.05) is 5.75 Å². The Hall–Kier alpha value is -1.82. The van der Waals surface area contributed by atoms with Gasteiger partial charge in [-0.1, -0.05) is 18.2 Å². The number of carboxylic acid groups (broad SMARTS) is 1. The van der Waals surface area contributed by atoms with Crippen molar-refractivity contribution in [3.05, 3.63) is 30.0 Å². The van der Waals surface area contributed by atoms with E-state index >= 15 is 0 Å². The number of benzene rings is 1. The molecule has 2 rings (SSSR count). The quantitative estimate of drug-likeness (QED) is 0.910. The molecule has 1 N–H and O–H groups in total. The van der Waals surface area contributed by atoms with E-state index in [-0.39, 0.29) is 4.90 Å². The predicted molar refractivity (Wildman–Crippen MR) is 67.3 cm³/mol. The maximum Gasteiger partial charge on any atom is 0.319 e. The average molecular weight is 267 g/mol. The highest BCUT2D eigenvalue weighted by Gasteiger charge is 2.26. The van der Waals surface area contributed by atoms with Crippen molar-refractivity contribution >= 4 is 26.7 Å². The lowest BCUT2D eigenvalue weighted by Gasteiger charge is -2.02. The summed E-state index contributed by atoms with van der Waals surface area (Å²) in [6.07, 6.45) is 0. The number of para-hydroxylation sites is 1. The molecule has 5 nitrogen and oxygen atoms in total. The van der Waals surface area contributed by atoms with Gasteiger partial charge in [-0.15, -0.1) is 0 Å². The minimum Gasteiger partial charge on any atom is -0.480 e. The molecule has 0 radical (unpaired) electrons. The third-order valence-electron chi connectivity index (χ3n) is 2.97. The molecule has 0 atom stereocenters. The van der Waals surface area contributed by atoms with Crippen molar-refractivity contribution in [3.8, 4) is 0 Å². The second kappa shape index (κ2) is 4.13. The number of aryl methyl sites for hydroxylation is 1. The molecule has 1 heterocycles.